The molecule has 172 valence electrons. The Hall–Kier alpha value is -2.88. The molecule has 0 saturated heterocycles. The highest BCUT2D eigenvalue weighted by molar-refractivity contribution is 7.16. The maximum absolute atomic E-state index is 12.7. The number of aromatic nitrogens is 2. The van der Waals surface area contributed by atoms with E-state index in [0.717, 1.165) is 32.1 Å². The number of amides is 1. The Morgan fingerprint density at radius 1 is 1.36 bits per heavy atom. The van der Waals surface area contributed by atoms with Gasteiger partial charge in [-0.1, -0.05) is 12.2 Å². The van der Waals surface area contributed by atoms with Crippen LogP contribution in [0.4, 0.5) is 5.69 Å². The molecule has 2 atom stereocenters. The zero-order valence-electron chi connectivity index (χ0n) is 18.5. The summed E-state index contributed by atoms with van der Waals surface area (Å²) in [6.45, 7) is 5.51. The van der Waals surface area contributed by atoms with E-state index in [9.17, 15) is 4.79 Å². The van der Waals surface area contributed by atoms with Crippen LogP contribution in [-0.4, -0.2) is 53.1 Å². The number of hydrogen-bond acceptors (Lipinski definition) is 8. The second-order valence-corrected chi connectivity index (χ2v) is 9.44. The Morgan fingerprint density at radius 3 is 3.03 bits per heavy atom. The summed E-state index contributed by atoms with van der Waals surface area (Å²) in [5.74, 6) is 0.972. The normalized spacial score (nSPS) is 21.1. The third-order valence-electron chi connectivity index (χ3n) is 5.77. The second-order valence-electron chi connectivity index (χ2n) is 8.05. The van der Waals surface area contributed by atoms with E-state index in [1.165, 1.54) is 11.3 Å². The summed E-state index contributed by atoms with van der Waals surface area (Å²) in [6.07, 6.45) is 9.79. The average molecular weight is 486 g/mol. The summed E-state index contributed by atoms with van der Waals surface area (Å²) < 4.78 is 11.7. The molecule has 1 unspecified atom stereocenters. The summed E-state index contributed by atoms with van der Waals surface area (Å²) in [6, 6.07) is 0.0190. The van der Waals surface area contributed by atoms with Crippen LogP contribution in [0.2, 0.25) is 5.28 Å². The largest absolute Gasteiger partial charge is 0.422 e. The average Bonchev–Trinajstić information content (AvgIpc) is 3.11. The first kappa shape index (κ1) is 21.9. The summed E-state index contributed by atoms with van der Waals surface area (Å²) in [7, 11) is 1.97. The molecular weight excluding hydrogens is 462 g/mol. The highest BCUT2D eigenvalue weighted by Crippen LogP contribution is 2.46. The van der Waals surface area contributed by atoms with Crippen molar-refractivity contribution in [2.75, 3.05) is 25.5 Å². The number of ether oxygens (including phenoxy) is 2. The third-order valence-corrected chi connectivity index (χ3v) is 7.11. The van der Waals surface area contributed by atoms with Gasteiger partial charge in [0.05, 0.1) is 23.9 Å². The lowest BCUT2D eigenvalue weighted by atomic mass is 9.89. The van der Waals surface area contributed by atoms with Crippen molar-refractivity contribution >= 4 is 46.2 Å². The fourth-order valence-corrected chi connectivity index (χ4v) is 5.36. The first-order chi connectivity index (χ1) is 16.0. The molecule has 0 bridgehead atoms. The van der Waals surface area contributed by atoms with E-state index >= 15 is 0 Å². The van der Waals surface area contributed by atoms with E-state index in [1.807, 2.05) is 37.9 Å². The second kappa shape index (κ2) is 8.81. The van der Waals surface area contributed by atoms with Crippen LogP contribution in [0.15, 0.2) is 30.3 Å². The Bertz CT molecular complexity index is 1200. The Labute approximate surface area is 201 Å². The summed E-state index contributed by atoms with van der Waals surface area (Å²) in [4.78, 5) is 24.8. The number of carbonyl (C=O) groups is 1. The fourth-order valence-electron chi connectivity index (χ4n) is 4.12. The van der Waals surface area contributed by atoms with E-state index < -0.39 is 0 Å². The lowest BCUT2D eigenvalue weighted by molar-refractivity contribution is 0.0949. The van der Waals surface area contributed by atoms with Gasteiger partial charge in [0.2, 0.25) is 11.2 Å². The van der Waals surface area contributed by atoms with Gasteiger partial charge in [-0.25, -0.2) is 4.98 Å². The van der Waals surface area contributed by atoms with Crippen LogP contribution in [-0.2, 0) is 11.3 Å². The number of thiophene rings is 1. The van der Waals surface area contributed by atoms with E-state index in [-0.39, 0.29) is 23.3 Å². The van der Waals surface area contributed by atoms with Gasteiger partial charge in [-0.15, -0.1) is 11.3 Å². The summed E-state index contributed by atoms with van der Waals surface area (Å²) in [5.41, 5.74) is 3.82. The van der Waals surface area contributed by atoms with Crippen LogP contribution in [0.5, 0.6) is 5.88 Å². The molecule has 10 heteroatoms. The van der Waals surface area contributed by atoms with Gasteiger partial charge in [0.15, 0.2) is 5.88 Å². The number of hydrogen-bond donors (Lipinski definition) is 2. The molecule has 2 aliphatic heterocycles. The van der Waals surface area contributed by atoms with Gasteiger partial charge in [-0.2, -0.15) is 4.98 Å². The molecule has 3 aliphatic rings. The fraction of sp³-hybridized carbons (Fsp3) is 0.348. The number of rotatable bonds is 5. The highest BCUT2D eigenvalue weighted by Gasteiger charge is 2.35. The minimum Gasteiger partial charge on any atom is -0.422 e. The molecule has 5 rings (SSSR count). The molecule has 1 amide bonds. The van der Waals surface area contributed by atoms with E-state index in [0.29, 0.717) is 31.5 Å². The van der Waals surface area contributed by atoms with Crippen molar-refractivity contribution in [1.82, 2.24) is 20.2 Å². The first-order valence-electron chi connectivity index (χ1n) is 10.8. The van der Waals surface area contributed by atoms with Crippen LogP contribution in [0.25, 0.3) is 11.6 Å². The first-order valence-corrected chi connectivity index (χ1v) is 12.0. The number of nitrogens with zero attached hydrogens (tertiary/aromatic N) is 3. The van der Waals surface area contributed by atoms with Gasteiger partial charge in [0.1, 0.15) is 4.88 Å². The van der Waals surface area contributed by atoms with Crippen LogP contribution in [0.1, 0.15) is 39.5 Å². The van der Waals surface area contributed by atoms with Crippen LogP contribution < -0.4 is 15.4 Å². The molecule has 8 nitrogen and oxygen atoms in total. The Balaban J connectivity index is 1.50. The zero-order valence-corrected chi connectivity index (χ0v) is 20.1. The predicted octanol–water partition coefficient (Wildman–Crippen LogP) is 3.92. The van der Waals surface area contributed by atoms with Gasteiger partial charge in [0, 0.05) is 42.9 Å². The molecule has 0 aromatic carbocycles. The standard InChI is InChI=1S/C23H24ClN5O3S/c1-4-31-11-13-10-26-23(24)28-22(13)32-17-8-5-14-15(29(17)3)6-7-16-18(14)19-20(33-16)21(30)27-12(2)9-25-19/h5-8,10,12,15,25H,4,9,11H2,1-3H3,(H,27,30)/t12-,15?/m1/s1. The SMILES string of the molecule is CCOCc1cnc(Cl)nc1OC1=CC=C2c3c(sc4c3NC[C@@H](C)NC4=O)C=CC2N1C. The maximum Gasteiger partial charge on any atom is 0.263 e. The maximum atomic E-state index is 12.7. The molecule has 0 spiro atoms. The molecule has 1 aliphatic carbocycles. The van der Waals surface area contributed by atoms with Crippen molar-refractivity contribution in [3.63, 3.8) is 0 Å². The number of halogens is 1. The van der Waals surface area contributed by atoms with Crippen molar-refractivity contribution in [3.8, 4) is 5.88 Å². The number of allylic oxidation sites excluding steroid dienone is 2. The number of anilines is 1. The Kier molecular flexibility index (Phi) is 5.86. The molecule has 0 saturated carbocycles. The smallest absolute Gasteiger partial charge is 0.263 e. The third kappa shape index (κ3) is 4.01. The highest BCUT2D eigenvalue weighted by atomic mass is 35.5. The van der Waals surface area contributed by atoms with Gasteiger partial charge in [-0.3, -0.25) is 4.79 Å². The van der Waals surface area contributed by atoms with Crippen LogP contribution >= 0.6 is 22.9 Å². The minimum absolute atomic E-state index is 0.0290. The van der Waals surface area contributed by atoms with Crippen molar-refractivity contribution in [2.45, 2.75) is 32.5 Å². The summed E-state index contributed by atoms with van der Waals surface area (Å²) in [5, 5.41) is 6.63. The molecular formula is C23H24ClN5O3S. The quantitative estimate of drug-likeness (QED) is 0.620. The summed E-state index contributed by atoms with van der Waals surface area (Å²) >= 11 is 7.54. The molecule has 33 heavy (non-hydrogen) atoms. The Morgan fingerprint density at radius 2 is 2.21 bits per heavy atom. The number of nitrogens with one attached hydrogen (secondary N) is 2. The molecule has 4 heterocycles. The van der Waals surface area contributed by atoms with Gasteiger partial charge >= 0.3 is 0 Å². The minimum atomic E-state index is -0.0469. The van der Waals surface area contributed by atoms with Crippen molar-refractivity contribution in [2.24, 2.45) is 0 Å². The lowest BCUT2D eigenvalue weighted by Gasteiger charge is -2.35. The van der Waals surface area contributed by atoms with Crippen molar-refractivity contribution < 1.29 is 14.3 Å². The van der Waals surface area contributed by atoms with E-state index in [2.05, 4.69) is 32.8 Å². The van der Waals surface area contributed by atoms with E-state index in [1.54, 1.807) is 6.20 Å². The van der Waals surface area contributed by atoms with Gasteiger partial charge < -0.3 is 25.0 Å². The lowest BCUT2D eigenvalue weighted by Crippen LogP contribution is -2.36. The van der Waals surface area contributed by atoms with Gasteiger partial charge in [0.25, 0.3) is 5.91 Å². The van der Waals surface area contributed by atoms with E-state index in [4.69, 9.17) is 21.1 Å². The topological polar surface area (TPSA) is 88.6 Å². The predicted molar refractivity (Wildman–Crippen MR) is 129 cm³/mol. The molecule has 2 N–H and O–H groups in total. The molecule has 2 aromatic rings. The number of likely N-dealkylation sites (N-methyl/N-ethyl adjacent to an activating group) is 1. The van der Waals surface area contributed by atoms with Crippen molar-refractivity contribution in [3.05, 3.63) is 56.5 Å². The molecule has 2 aromatic heterocycles. The van der Waals surface area contributed by atoms with Crippen LogP contribution in [0.3, 0.4) is 0 Å². The number of carbonyl (C=O) groups excluding carboxylic acids is 1. The molecule has 0 radical (unpaired) electrons. The monoisotopic (exact) mass is 485 g/mol. The van der Waals surface area contributed by atoms with Crippen molar-refractivity contribution in [1.29, 1.82) is 0 Å². The zero-order chi connectivity index (χ0) is 23.1. The molecule has 0 fully saturated rings. The van der Waals surface area contributed by atoms with Crippen LogP contribution in [0, 0.1) is 0 Å². The number of fused-ring (bicyclic) bond motifs is 5. The van der Waals surface area contributed by atoms with Gasteiger partial charge in [-0.05, 0) is 43.2 Å².